The highest BCUT2D eigenvalue weighted by molar-refractivity contribution is 5.94. The Morgan fingerprint density at radius 3 is 2.96 bits per heavy atom. The summed E-state index contributed by atoms with van der Waals surface area (Å²) in [6, 6.07) is 9.66. The molecule has 1 amide bonds. The van der Waals surface area contributed by atoms with Gasteiger partial charge in [-0.05, 0) is 54.3 Å². The molecule has 1 aromatic heterocycles. The van der Waals surface area contributed by atoms with Crippen LogP contribution in [0.2, 0.25) is 0 Å². The molecular formula is C19H21N3O2. The third-order valence-corrected chi connectivity index (χ3v) is 4.64. The molecule has 3 heterocycles. The number of pyridine rings is 1. The fourth-order valence-electron chi connectivity index (χ4n) is 3.30. The number of hydrogen-bond acceptors (Lipinski definition) is 4. The van der Waals surface area contributed by atoms with Gasteiger partial charge in [-0.3, -0.25) is 4.79 Å². The molecule has 124 valence electrons. The van der Waals surface area contributed by atoms with E-state index in [1.54, 1.807) is 0 Å². The van der Waals surface area contributed by atoms with Crippen LogP contribution in [-0.2, 0) is 13.0 Å². The number of hydrogen-bond donors (Lipinski definition) is 1. The third-order valence-electron chi connectivity index (χ3n) is 4.64. The molecule has 2 aliphatic heterocycles. The molecule has 1 N–H and O–H groups in total. The lowest BCUT2D eigenvalue weighted by molar-refractivity contribution is 0.0951. The third kappa shape index (κ3) is 3.07. The first-order valence-corrected chi connectivity index (χ1v) is 8.53. The van der Waals surface area contributed by atoms with Gasteiger partial charge in [0.2, 0.25) is 0 Å². The van der Waals surface area contributed by atoms with Crippen LogP contribution in [0, 0.1) is 0 Å². The maximum absolute atomic E-state index is 12.4. The molecule has 2 aliphatic rings. The molecule has 5 nitrogen and oxygen atoms in total. The van der Waals surface area contributed by atoms with Crippen LogP contribution in [0.15, 0.2) is 36.5 Å². The van der Waals surface area contributed by atoms with Crippen molar-refractivity contribution in [2.24, 2.45) is 0 Å². The fraction of sp³-hybridized carbons (Fsp3) is 0.368. The first kappa shape index (κ1) is 15.0. The second kappa shape index (κ2) is 6.51. The highest BCUT2D eigenvalue weighted by atomic mass is 16.5. The molecule has 0 saturated carbocycles. The van der Waals surface area contributed by atoms with Crippen LogP contribution in [0.4, 0.5) is 5.82 Å². The van der Waals surface area contributed by atoms with E-state index in [2.05, 4.69) is 21.3 Å². The number of rotatable bonds is 4. The van der Waals surface area contributed by atoms with Crippen molar-refractivity contribution in [3.05, 3.63) is 53.2 Å². The summed E-state index contributed by atoms with van der Waals surface area (Å²) in [6.45, 7) is 3.35. The number of carbonyl (C=O) groups is 1. The van der Waals surface area contributed by atoms with Crippen molar-refractivity contribution >= 4 is 11.7 Å². The maximum Gasteiger partial charge on any atom is 0.251 e. The van der Waals surface area contributed by atoms with Gasteiger partial charge in [-0.2, -0.15) is 0 Å². The zero-order valence-electron chi connectivity index (χ0n) is 13.6. The summed E-state index contributed by atoms with van der Waals surface area (Å²) < 4.78 is 5.48. The number of aromatic nitrogens is 1. The Morgan fingerprint density at radius 2 is 2.08 bits per heavy atom. The van der Waals surface area contributed by atoms with Crippen LogP contribution in [0.1, 0.15) is 34.3 Å². The molecule has 24 heavy (non-hydrogen) atoms. The van der Waals surface area contributed by atoms with Gasteiger partial charge in [-0.15, -0.1) is 0 Å². The first-order valence-electron chi connectivity index (χ1n) is 8.53. The number of carbonyl (C=O) groups excluding carboxylic acids is 1. The molecule has 5 heteroatoms. The molecule has 2 aromatic rings. The van der Waals surface area contributed by atoms with Gasteiger partial charge < -0.3 is 15.0 Å². The van der Waals surface area contributed by atoms with E-state index in [9.17, 15) is 4.79 Å². The van der Waals surface area contributed by atoms with E-state index in [1.807, 2.05) is 30.5 Å². The van der Waals surface area contributed by atoms with E-state index < -0.39 is 0 Å². The molecule has 0 radical (unpaired) electrons. The van der Waals surface area contributed by atoms with Gasteiger partial charge >= 0.3 is 0 Å². The van der Waals surface area contributed by atoms with Crippen molar-refractivity contribution in [1.29, 1.82) is 0 Å². The van der Waals surface area contributed by atoms with Gasteiger partial charge in [0.05, 0.1) is 6.61 Å². The Labute approximate surface area is 141 Å². The fourth-order valence-corrected chi connectivity index (χ4v) is 3.30. The molecular weight excluding hydrogens is 302 g/mol. The van der Waals surface area contributed by atoms with Gasteiger partial charge in [-0.25, -0.2) is 4.98 Å². The van der Waals surface area contributed by atoms with E-state index in [0.717, 1.165) is 42.2 Å². The van der Waals surface area contributed by atoms with Gasteiger partial charge in [0.1, 0.15) is 11.6 Å². The van der Waals surface area contributed by atoms with Crippen molar-refractivity contribution in [2.45, 2.75) is 25.8 Å². The summed E-state index contributed by atoms with van der Waals surface area (Å²) in [5, 5.41) is 3.00. The quantitative estimate of drug-likeness (QED) is 0.939. The average Bonchev–Trinajstić information content (AvgIpc) is 3.30. The topological polar surface area (TPSA) is 54.5 Å². The SMILES string of the molecule is O=C(NCc1ccnc(N2CCCC2)c1)c1ccc2c(c1)CCO2. The van der Waals surface area contributed by atoms with E-state index >= 15 is 0 Å². The summed E-state index contributed by atoms with van der Waals surface area (Å²) in [4.78, 5) is 19.1. The number of nitrogens with one attached hydrogen (secondary N) is 1. The largest absolute Gasteiger partial charge is 0.493 e. The lowest BCUT2D eigenvalue weighted by Crippen LogP contribution is -2.23. The molecule has 1 fully saturated rings. The minimum atomic E-state index is -0.0516. The van der Waals surface area contributed by atoms with E-state index in [4.69, 9.17) is 4.74 Å². The van der Waals surface area contributed by atoms with Gasteiger partial charge in [0.25, 0.3) is 5.91 Å². The molecule has 0 atom stereocenters. The second-order valence-electron chi connectivity index (χ2n) is 6.32. The highest BCUT2D eigenvalue weighted by Gasteiger charge is 2.16. The Morgan fingerprint density at radius 1 is 1.21 bits per heavy atom. The monoisotopic (exact) mass is 323 g/mol. The normalized spacial score (nSPS) is 15.9. The molecule has 4 rings (SSSR count). The molecule has 1 saturated heterocycles. The standard InChI is InChI=1S/C19H21N3O2/c23-19(16-3-4-17-15(12-16)6-10-24-17)21-13-14-5-7-20-18(11-14)22-8-1-2-9-22/h3-5,7,11-12H,1-2,6,8-10,13H2,(H,21,23). The van der Waals surface area contributed by atoms with Crippen LogP contribution in [0.3, 0.4) is 0 Å². The van der Waals surface area contributed by atoms with E-state index in [1.165, 1.54) is 12.8 Å². The van der Waals surface area contributed by atoms with Gasteiger partial charge in [-0.1, -0.05) is 0 Å². The van der Waals surface area contributed by atoms with Crippen molar-refractivity contribution in [1.82, 2.24) is 10.3 Å². The minimum Gasteiger partial charge on any atom is -0.493 e. The number of benzene rings is 1. The maximum atomic E-state index is 12.4. The number of nitrogens with zero attached hydrogens (tertiary/aromatic N) is 2. The second-order valence-corrected chi connectivity index (χ2v) is 6.32. The molecule has 1 aromatic carbocycles. The first-order chi connectivity index (χ1) is 11.8. The zero-order chi connectivity index (χ0) is 16.4. The molecule has 0 spiro atoms. The van der Waals surface area contributed by atoms with Crippen molar-refractivity contribution < 1.29 is 9.53 Å². The number of amides is 1. The van der Waals surface area contributed by atoms with Crippen molar-refractivity contribution in [2.75, 3.05) is 24.6 Å². The molecule has 0 aliphatic carbocycles. The van der Waals surface area contributed by atoms with Gasteiger partial charge in [0.15, 0.2) is 0 Å². The number of ether oxygens (including phenoxy) is 1. The zero-order valence-corrected chi connectivity index (χ0v) is 13.6. The summed E-state index contributed by atoms with van der Waals surface area (Å²) in [5.41, 5.74) is 2.88. The van der Waals surface area contributed by atoms with E-state index in [-0.39, 0.29) is 5.91 Å². The van der Waals surface area contributed by atoms with Gasteiger partial charge in [0, 0.05) is 37.8 Å². The van der Waals surface area contributed by atoms with Crippen LogP contribution in [0.25, 0.3) is 0 Å². The van der Waals surface area contributed by atoms with Crippen LogP contribution >= 0.6 is 0 Å². The lowest BCUT2D eigenvalue weighted by atomic mass is 10.1. The Bertz CT molecular complexity index is 754. The minimum absolute atomic E-state index is 0.0516. The Balaban J connectivity index is 1.41. The summed E-state index contributed by atoms with van der Waals surface area (Å²) in [5.74, 6) is 1.86. The van der Waals surface area contributed by atoms with Crippen LogP contribution in [-0.4, -0.2) is 30.6 Å². The average molecular weight is 323 g/mol. The molecule has 0 unspecified atom stereocenters. The summed E-state index contributed by atoms with van der Waals surface area (Å²) in [7, 11) is 0. The Kier molecular flexibility index (Phi) is 4.07. The summed E-state index contributed by atoms with van der Waals surface area (Å²) >= 11 is 0. The van der Waals surface area contributed by atoms with E-state index in [0.29, 0.717) is 18.7 Å². The smallest absolute Gasteiger partial charge is 0.251 e. The Hall–Kier alpha value is -2.56. The number of fused-ring (bicyclic) bond motifs is 1. The predicted molar refractivity (Wildman–Crippen MR) is 92.5 cm³/mol. The molecule has 0 bridgehead atoms. The lowest BCUT2D eigenvalue weighted by Gasteiger charge is -2.17. The highest BCUT2D eigenvalue weighted by Crippen LogP contribution is 2.26. The van der Waals surface area contributed by atoms with Crippen LogP contribution < -0.4 is 15.0 Å². The number of anilines is 1. The van der Waals surface area contributed by atoms with Crippen molar-refractivity contribution in [3.63, 3.8) is 0 Å². The van der Waals surface area contributed by atoms with Crippen LogP contribution in [0.5, 0.6) is 5.75 Å². The summed E-state index contributed by atoms with van der Waals surface area (Å²) in [6.07, 6.45) is 5.15. The van der Waals surface area contributed by atoms with Crippen molar-refractivity contribution in [3.8, 4) is 5.75 Å². The predicted octanol–water partition coefficient (Wildman–Crippen LogP) is 2.55.